The predicted octanol–water partition coefficient (Wildman–Crippen LogP) is 6.83. The first-order valence-electron chi connectivity index (χ1n) is 12.7. The molecule has 37 heavy (non-hydrogen) atoms. The molecule has 2 aromatic heterocycles. The van der Waals surface area contributed by atoms with Gasteiger partial charge in [0.2, 0.25) is 0 Å². The van der Waals surface area contributed by atoms with Crippen LogP contribution in [0, 0.1) is 20.8 Å². The highest BCUT2D eigenvalue weighted by atomic mass is 35.5. The zero-order chi connectivity index (χ0) is 26.7. The minimum atomic E-state index is 0.553. The van der Waals surface area contributed by atoms with Crippen LogP contribution in [0.3, 0.4) is 0 Å². The Hall–Kier alpha value is -3.45. The van der Waals surface area contributed by atoms with E-state index in [4.69, 9.17) is 25.8 Å². The van der Waals surface area contributed by atoms with Gasteiger partial charge in [0.05, 0.1) is 31.6 Å². The Labute approximate surface area is 223 Å². The van der Waals surface area contributed by atoms with Crippen LogP contribution in [-0.4, -0.2) is 41.6 Å². The normalized spacial score (nSPS) is 12.8. The van der Waals surface area contributed by atoms with Crippen LogP contribution in [0.4, 0.5) is 5.82 Å². The summed E-state index contributed by atoms with van der Waals surface area (Å²) in [6.07, 6.45) is 0. The number of methoxy groups -OCH3 is 1. The van der Waals surface area contributed by atoms with Gasteiger partial charge in [-0.1, -0.05) is 25.4 Å². The van der Waals surface area contributed by atoms with E-state index in [1.807, 2.05) is 64.1 Å². The number of hydrogen-bond acceptors (Lipinski definition) is 6. The van der Waals surface area contributed by atoms with Gasteiger partial charge in [-0.15, -0.1) is 5.10 Å². The summed E-state index contributed by atoms with van der Waals surface area (Å²) in [5.41, 5.74) is 5.03. The molecule has 8 heteroatoms. The molecule has 0 N–H and O–H groups in total. The fourth-order valence-corrected chi connectivity index (χ4v) is 5.20. The van der Waals surface area contributed by atoms with Gasteiger partial charge in [0, 0.05) is 45.4 Å². The molecule has 5 rings (SSSR count). The van der Waals surface area contributed by atoms with E-state index in [-0.39, 0.29) is 0 Å². The summed E-state index contributed by atoms with van der Waals surface area (Å²) in [6.45, 7) is 14.7. The first-order chi connectivity index (χ1) is 17.9. The first kappa shape index (κ1) is 26.6. The quantitative estimate of drug-likeness (QED) is 0.286. The fraction of sp³-hybridized carbons (Fsp3) is 0.379. The SMILES string of the molecule is CC.CCOc1ccc(-n2c(C)c3c(C)nnc(N4CCOc5ccc(Cl)cc5C4)c3c2C)c(OC)c1. The molecule has 4 aromatic rings. The molecule has 2 aromatic carbocycles. The average molecular weight is 523 g/mol. The Morgan fingerprint density at radius 1 is 1.00 bits per heavy atom. The van der Waals surface area contributed by atoms with E-state index in [0.29, 0.717) is 31.3 Å². The summed E-state index contributed by atoms with van der Waals surface area (Å²) in [6, 6.07) is 11.7. The summed E-state index contributed by atoms with van der Waals surface area (Å²) < 4.78 is 19.7. The summed E-state index contributed by atoms with van der Waals surface area (Å²) in [5.74, 6) is 3.22. The Kier molecular flexibility index (Phi) is 8.13. The number of aromatic nitrogens is 3. The van der Waals surface area contributed by atoms with Crippen LogP contribution in [0.1, 0.15) is 43.4 Å². The largest absolute Gasteiger partial charge is 0.494 e. The highest BCUT2D eigenvalue weighted by Gasteiger charge is 2.25. The monoisotopic (exact) mass is 522 g/mol. The third kappa shape index (κ3) is 4.92. The lowest BCUT2D eigenvalue weighted by Crippen LogP contribution is -2.26. The van der Waals surface area contributed by atoms with Crippen molar-refractivity contribution in [3.63, 3.8) is 0 Å². The van der Waals surface area contributed by atoms with Crippen LogP contribution >= 0.6 is 11.6 Å². The van der Waals surface area contributed by atoms with Gasteiger partial charge in [-0.2, -0.15) is 5.10 Å². The number of fused-ring (bicyclic) bond motifs is 2. The van der Waals surface area contributed by atoms with Gasteiger partial charge in [0.15, 0.2) is 5.82 Å². The van der Waals surface area contributed by atoms with Gasteiger partial charge >= 0.3 is 0 Å². The van der Waals surface area contributed by atoms with E-state index in [2.05, 4.69) is 33.5 Å². The van der Waals surface area contributed by atoms with Crippen LogP contribution in [-0.2, 0) is 6.54 Å². The molecule has 0 spiro atoms. The Morgan fingerprint density at radius 3 is 2.49 bits per heavy atom. The number of halogens is 1. The molecule has 0 bridgehead atoms. The van der Waals surface area contributed by atoms with Crippen molar-refractivity contribution >= 4 is 28.2 Å². The van der Waals surface area contributed by atoms with Crippen LogP contribution in [0.2, 0.25) is 5.02 Å². The molecule has 1 aliphatic heterocycles. The molecule has 0 amide bonds. The maximum absolute atomic E-state index is 6.29. The number of anilines is 1. The summed E-state index contributed by atoms with van der Waals surface area (Å²) in [5, 5.41) is 12.1. The van der Waals surface area contributed by atoms with Gasteiger partial charge in [0.25, 0.3) is 0 Å². The van der Waals surface area contributed by atoms with Crippen molar-refractivity contribution in [3.8, 4) is 22.9 Å². The van der Waals surface area contributed by atoms with Crippen molar-refractivity contribution in [1.29, 1.82) is 0 Å². The third-order valence-corrected chi connectivity index (χ3v) is 6.76. The van der Waals surface area contributed by atoms with Crippen LogP contribution < -0.4 is 19.1 Å². The second-order valence-corrected chi connectivity index (χ2v) is 9.09. The second kappa shape index (κ2) is 11.3. The number of hydrogen-bond donors (Lipinski definition) is 0. The topological polar surface area (TPSA) is 61.6 Å². The molecular weight excluding hydrogens is 488 g/mol. The highest BCUT2D eigenvalue weighted by Crippen LogP contribution is 2.39. The molecular formula is C29H35ClN4O3. The lowest BCUT2D eigenvalue weighted by molar-refractivity contribution is 0.331. The van der Waals surface area contributed by atoms with Gasteiger partial charge in [-0.25, -0.2) is 0 Å². The van der Waals surface area contributed by atoms with E-state index in [9.17, 15) is 0 Å². The minimum Gasteiger partial charge on any atom is -0.494 e. The van der Waals surface area contributed by atoms with Crippen LogP contribution in [0.15, 0.2) is 36.4 Å². The van der Waals surface area contributed by atoms with Crippen molar-refractivity contribution < 1.29 is 14.2 Å². The van der Waals surface area contributed by atoms with Gasteiger partial charge in [0.1, 0.15) is 23.9 Å². The van der Waals surface area contributed by atoms with Gasteiger partial charge < -0.3 is 23.7 Å². The third-order valence-electron chi connectivity index (χ3n) is 6.53. The maximum Gasteiger partial charge on any atom is 0.161 e. The van der Waals surface area contributed by atoms with E-state index in [1.54, 1.807) is 7.11 Å². The van der Waals surface area contributed by atoms with Crippen molar-refractivity contribution in [1.82, 2.24) is 14.8 Å². The Bertz CT molecular complexity index is 1420. The fourth-order valence-electron chi connectivity index (χ4n) is 5.00. The lowest BCUT2D eigenvalue weighted by atomic mass is 10.1. The molecule has 1 aliphatic rings. The molecule has 0 atom stereocenters. The number of ether oxygens (including phenoxy) is 3. The molecule has 7 nitrogen and oxygen atoms in total. The van der Waals surface area contributed by atoms with Gasteiger partial charge in [-0.3, -0.25) is 0 Å². The minimum absolute atomic E-state index is 0.553. The number of nitrogens with zero attached hydrogens (tertiary/aromatic N) is 4. The Morgan fingerprint density at radius 2 is 1.76 bits per heavy atom. The lowest BCUT2D eigenvalue weighted by Gasteiger charge is -2.22. The number of benzene rings is 2. The maximum atomic E-state index is 6.29. The molecule has 196 valence electrons. The van der Waals surface area contributed by atoms with Crippen LogP contribution in [0.5, 0.6) is 17.2 Å². The molecule has 0 unspecified atom stereocenters. The summed E-state index contributed by atoms with van der Waals surface area (Å²) in [4.78, 5) is 2.23. The van der Waals surface area contributed by atoms with Crippen molar-refractivity contribution in [3.05, 3.63) is 64.1 Å². The van der Waals surface area contributed by atoms with E-state index < -0.39 is 0 Å². The van der Waals surface area contributed by atoms with Crippen molar-refractivity contribution in [2.24, 2.45) is 0 Å². The van der Waals surface area contributed by atoms with Gasteiger partial charge in [-0.05, 0) is 58.0 Å². The number of aryl methyl sites for hydroxylation is 3. The molecule has 0 aliphatic carbocycles. The van der Waals surface area contributed by atoms with Crippen molar-refractivity contribution in [2.45, 2.75) is 48.1 Å². The average Bonchev–Trinajstić information content (AvgIpc) is 3.04. The predicted molar refractivity (Wildman–Crippen MR) is 150 cm³/mol. The molecule has 3 heterocycles. The zero-order valence-electron chi connectivity index (χ0n) is 22.7. The van der Waals surface area contributed by atoms with Crippen molar-refractivity contribution in [2.75, 3.05) is 31.8 Å². The Balaban J connectivity index is 0.00000156. The standard InChI is InChI=1S/C27H29ClN4O3.C2H6/c1-6-34-21-8-9-22(24(14-21)33-5)32-17(3)25-16(2)29-30-27(26(25)18(32)4)31-11-12-35-23-10-7-20(28)13-19(23)15-31;1-2/h7-10,13-14H,6,11-12,15H2,1-5H3;1-2H3. The van der Waals surface area contributed by atoms with Crippen LogP contribution in [0.25, 0.3) is 16.5 Å². The smallest absolute Gasteiger partial charge is 0.161 e. The molecule has 0 saturated carbocycles. The zero-order valence-corrected chi connectivity index (χ0v) is 23.4. The molecule has 0 saturated heterocycles. The van der Waals surface area contributed by atoms with E-state index >= 15 is 0 Å². The van der Waals surface area contributed by atoms with E-state index in [0.717, 1.165) is 62.2 Å². The number of rotatable bonds is 5. The highest BCUT2D eigenvalue weighted by molar-refractivity contribution is 6.30. The summed E-state index contributed by atoms with van der Waals surface area (Å²) >= 11 is 6.29. The van der Waals surface area contributed by atoms with E-state index in [1.165, 1.54) is 0 Å². The summed E-state index contributed by atoms with van der Waals surface area (Å²) in [7, 11) is 1.68. The second-order valence-electron chi connectivity index (χ2n) is 8.65. The molecule has 0 fully saturated rings. The molecule has 0 radical (unpaired) electrons. The first-order valence-corrected chi connectivity index (χ1v) is 13.1.